The van der Waals surface area contributed by atoms with E-state index < -0.39 is 0 Å². The molecule has 0 aliphatic heterocycles. The molecule has 0 saturated carbocycles. The number of pyridine rings is 1. The lowest BCUT2D eigenvalue weighted by Crippen LogP contribution is -2.17. The molecule has 1 N–H and O–H groups in total. The molecule has 0 fully saturated rings. The Hall–Kier alpha value is -1.57. The summed E-state index contributed by atoms with van der Waals surface area (Å²) in [5, 5.41) is 0.789. The third kappa shape index (κ3) is 2.26. The fourth-order valence-corrected chi connectivity index (χ4v) is 1.92. The monoisotopic (exact) mass is 229 g/mol. The second-order valence-electron chi connectivity index (χ2n) is 5.53. The largest absolute Gasteiger partial charge is 0.358 e. The minimum absolute atomic E-state index is 0.0310. The number of H-pyrrole nitrogens is 1. The molecule has 1 aromatic carbocycles. The van der Waals surface area contributed by atoms with Crippen molar-refractivity contribution in [2.45, 2.75) is 39.5 Å². The van der Waals surface area contributed by atoms with Crippen LogP contribution in [0, 0.1) is 0 Å². The van der Waals surface area contributed by atoms with Crippen molar-refractivity contribution >= 4 is 10.9 Å². The average molecular weight is 229 g/mol. The van der Waals surface area contributed by atoms with Gasteiger partial charge in [0.15, 0.2) is 5.43 Å². The van der Waals surface area contributed by atoms with Gasteiger partial charge in [0, 0.05) is 28.1 Å². The molecule has 2 rings (SSSR count). The molecule has 0 atom stereocenters. The van der Waals surface area contributed by atoms with Gasteiger partial charge < -0.3 is 4.98 Å². The van der Waals surface area contributed by atoms with Crippen molar-refractivity contribution in [3.8, 4) is 0 Å². The fourth-order valence-electron chi connectivity index (χ4n) is 1.92. The van der Waals surface area contributed by atoms with Crippen LogP contribution >= 0.6 is 0 Å². The van der Waals surface area contributed by atoms with Gasteiger partial charge >= 0.3 is 0 Å². The molecule has 1 heterocycles. The van der Waals surface area contributed by atoms with Gasteiger partial charge in [-0.05, 0) is 24.1 Å². The predicted molar refractivity (Wildman–Crippen MR) is 72.6 cm³/mol. The van der Waals surface area contributed by atoms with Crippen molar-refractivity contribution in [3.63, 3.8) is 0 Å². The molecule has 0 aliphatic carbocycles. The Balaban J connectivity index is 2.73. The van der Waals surface area contributed by atoms with Gasteiger partial charge in [0.25, 0.3) is 0 Å². The van der Waals surface area contributed by atoms with E-state index in [0.29, 0.717) is 0 Å². The number of fused-ring (bicyclic) bond motifs is 1. The first-order chi connectivity index (χ1) is 7.91. The Bertz CT molecular complexity index is 602. The minimum Gasteiger partial charge on any atom is -0.358 e. The van der Waals surface area contributed by atoms with Crippen LogP contribution in [0.3, 0.4) is 0 Å². The van der Waals surface area contributed by atoms with E-state index in [4.69, 9.17) is 0 Å². The summed E-state index contributed by atoms with van der Waals surface area (Å²) in [6, 6.07) is 7.79. The van der Waals surface area contributed by atoms with Gasteiger partial charge in [-0.1, -0.05) is 33.8 Å². The molecule has 0 unspecified atom stereocenters. The maximum atomic E-state index is 12.1. The summed E-state index contributed by atoms with van der Waals surface area (Å²) in [5.74, 6) is 0. The van der Waals surface area contributed by atoms with Gasteiger partial charge in [-0.3, -0.25) is 4.79 Å². The van der Waals surface area contributed by atoms with Crippen LogP contribution < -0.4 is 5.43 Å². The molecule has 2 heteroatoms. The number of hydrogen-bond acceptors (Lipinski definition) is 1. The normalized spacial score (nSPS) is 12.0. The van der Waals surface area contributed by atoms with E-state index in [9.17, 15) is 4.79 Å². The van der Waals surface area contributed by atoms with Crippen molar-refractivity contribution in [1.82, 2.24) is 4.98 Å². The van der Waals surface area contributed by atoms with E-state index in [1.807, 2.05) is 12.1 Å². The van der Waals surface area contributed by atoms with E-state index in [2.05, 4.69) is 38.7 Å². The van der Waals surface area contributed by atoms with Gasteiger partial charge in [-0.2, -0.15) is 0 Å². The Labute approximate surface area is 102 Å². The first-order valence-electron chi connectivity index (χ1n) is 6.08. The number of aryl methyl sites for hydroxylation is 1. The summed E-state index contributed by atoms with van der Waals surface area (Å²) in [7, 11) is 0. The SMILES string of the molecule is CCc1ccc2[nH]c(C(C)(C)C)cc(=O)c2c1. The second kappa shape index (κ2) is 4.02. The third-order valence-corrected chi connectivity index (χ3v) is 3.11. The first-order valence-corrected chi connectivity index (χ1v) is 6.08. The summed E-state index contributed by atoms with van der Waals surface area (Å²) in [5.41, 5.74) is 3.20. The fraction of sp³-hybridized carbons (Fsp3) is 0.400. The quantitative estimate of drug-likeness (QED) is 0.798. The Morgan fingerprint density at radius 1 is 1.18 bits per heavy atom. The number of aromatic amines is 1. The zero-order valence-electron chi connectivity index (χ0n) is 10.9. The van der Waals surface area contributed by atoms with Crippen molar-refractivity contribution in [2.24, 2.45) is 0 Å². The van der Waals surface area contributed by atoms with Gasteiger partial charge in [0.05, 0.1) is 0 Å². The molecule has 2 nitrogen and oxygen atoms in total. The summed E-state index contributed by atoms with van der Waals surface area (Å²) in [4.78, 5) is 15.5. The molecule has 1 aromatic heterocycles. The van der Waals surface area contributed by atoms with Gasteiger partial charge in [-0.25, -0.2) is 0 Å². The van der Waals surface area contributed by atoms with Crippen molar-refractivity contribution in [3.05, 3.63) is 45.7 Å². The van der Waals surface area contributed by atoms with E-state index >= 15 is 0 Å². The topological polar surface area (TPSA) is 32.9 Å². The molecule has 0 bridgehead atoms. The molecular formula is C15H19NO. The van der Waals surface area contributed by atoms with Gasteiger partial charge in [0.1, 0.15) is 0 Å². The highest BCUT2D eigenvalue weighted by Crippen LogP contribution is 2.21. The Morgan fingerprint density at radius 3 is 2.47 bits per heavy atom. The summed E-state index contributed by atoms with van der Waals surface area (Å²) in [6.07, 6.45) is 0.955. The van der Waals surface area contributed by atoms with E-state index in [0.717, 1.165) is 23.0 Å². The number of aromatic nitrogens is 1. The summed E-state index contributed by atoms with van der Waals surface area (Å²) in [6.45, 7) is 8.40. The molecule has 90 valence electrons. The third-order valence-electron chi connectivity index (χ3n) is 3.11. The zero-order chi connectivity index (χ0) is 12.6. The molecule has 0 radical (unpaired) electrons. The van der Waals surface area contributed by atoms with Gasteiger partial charge in [0.2, 0.25) is 0 Å². The zero-order valence-corrected chi connectivity index (χ0v) is 10.9. The van der Waals surface area contributed by atoms with Crippen molar-refractivity contribution in [2.75, 3.05) is 0 Å². The average Bonchev–Trinajstić information content (AvgIpc) is 2.27. The molecule has 17 heavy (non-hydrogen) atoms. The van der Waals surface area contributed by atoms with Gasteiger partial charge in [-0.15, -0.1) is 0 Å². The van der Waals surface area contributed by atoms with Crippen molar-refractivity contribution in [1.29, 1.82) is 0 Å². The van der Waals surface area contributed by atoms with Crippen LogP contribution in [-0.2, 0) is 11.8 Å². The molecule has 0 saturated heterocycles. The lowest BCUT2D eigenvalue weighted by atomic mass is 9.91. The Morgan fingerprint density at radius 2 is 1.88 bits per heavy atom. The lowest BCUT2D eigenvalue weighted by molar-refractivity contribution is 0.571. The van der Waals surface area contributed by atoms with Crippen molar-refractivity contribution < 1.29 is 0 Å². The lowest BCUT2D eigenvalue weighted by Gasteiger charge is -2.19. The first kappa shape index (κ1) is 11.9. The summed E-state index contributed by atoms with van der Waals surface area (Å²) < 4.78 is 0. The van der Waals surface area contributed by atoms with Crippen LogP contribution in [-0.4, -0.2) is 4.98 Å². The number of rotatable bonds is 1. The van der Waals surface area contributed by atoms with Crippen LogP contribution in [0.2, 0.25) is 0 Å². The number of nitrogens with one attached hydrogen (secondary N) is 1. The van der Waals surface area contributed by atoms with Crippen LogP contribution in [0.1, 0.15) is 39.0 Å². The summed E-state index contributed by atoms with van der Waals surface area (Å²) >= 11 is 0. The standard InChI is InChI=1S/C15H19NO/c1-5-10-6-7-12-11(8-10)13(17)9-14(16-12)15(2,3)4/h6-9H,5H2,1-4H3,(H,16,17). The highest BCUT2D eigenvalue weighted by atomic mass is 16.1. The van der Waals surface area contributed by atoms with Crippen LogP contribution in [0.5, 0.6) is 0 Å². The molecule has 0 aliphatic rings. The van der Waals surface area contributed by atoms with Crippen LogP contribution in [0.4, 0.5) is 0 Å². The predicted octanol–water partition coefficient (Wildman–Crippen LogP) is 3.39. The maximum Gasteiger partial charge on any atom is 0.189 e. The molecule has 0 spiro atoms. The van der Waals surface area contributed by atoms with E-state index in [-0.39, 0.29) is 10.8 Å². The number of benzene rings is 1. The Kier molecular flexibility index (Phi) is 2.82. The highest BCUT2D eigenvalue weighted by molar-refractivity contribution is 5.79. The molecule has 2 aromatic rings. The minimum atomic E-state index is -0.0310. The molecule has 0 amide bonds. The second-order valence-corrected chi connectivity index (χ2v) is 5.53. The van der Waals surface area contributed by atoms with Crippen LogP contribution in [0.15, 0.2) is 29.1 Å². The molecular weight excluding hydrogens is 210 g/mol. The smallest absolute Gasteiger partial charge is 0.189 e. The number of hydrogen-bond donors (Lipinski definition) is 1. The van der Waals surface area contributed by atoms with E-state index in [1.54, 1.807) is 6.07 Å². The van der Waals surface area contributed by atoms with Crippen LogP contribution in [0.25, 0.3) is 10.9 Å². The highest BCUT2D eigenvalue weighted by Gasteiger charge is 2.16. The maximum absolute atomic E-state index is 12.1. The van der Waals surface area contributed by atoms with E-state index in [1.165, 1.54) is 5.56 Å².